The zero-order valence-corrected chi connectivity index (χ0v) is 10.3. The van der Waals surface area contributed by atoms with Gasteiger partial charge in [-0.15, -0.1) is 0 Å². The maximum atomic E-state index is 5.68. The molecule has 1 N–H and O–H groups in total. The van der Waals surface area contributed by atoms with Crippen molar-refractivity contribution >= 4 is 0 Å². The highest BCUT2D eigenvalue weighted by Gasteiger charge is 2.49. The normalized spacial score (nSPS) is 25.1. The fourth-order valence-corrected chi connectivity index (χ4v) is 2.99. The molecule has 0 aromatic heterocycles. The van der Waals surface area contributed by atoms with Crippen LogP contribution in [0.3, 0.4) is 0 Å². The first-order valence-corrected chi connectivity index (χ1v) is 6.57. The summed E-state index contributed by atoms with van der Waals surface area (Å²) in [5, 5.41) is 3.36. The lowest BCUT2D eigenvalue weighted by Crippen LogP contribution is -2.62. The van der Waals surface area contributed by atoms with E-state index in [0.29, 0.717) is 19.1 Å². The van der Waals surface area contributed by atoms with E-state index in [2.05, 4.69) is 17.4 Å². The van der Waals surface area contributed by atoms with Gasteiger partial charge >= 0.3 is 0 Å². The topological polar surface area (TPSA) is 39.7 Å². The first-order valence-electron chi connectivity index (χ1n) is 6.57. The summed E-state index contributed by atoms with van der Waals surface area (Å²) in [6.45, 7) is 5.14. The third-order valence-corrected chi connectivity index (χ3v) is 4.40. The van der Waals surface area contributed by atoms with Crippen LogP contribution in [0.25, 0.3) is 0 Å². The van der Waals surface area contributed by atoms with Gasteiger partial charge in [0, 0.05) is 18.5 Å². The van der Waals surface area contributed by atoms with E-state index < -0.39 is 0 Å². The Balaban J connectivity index is 1.70. The van der Waals surface area contributed by atoms with Crippen molar-refractivity contribution in [1.82, 2.24) is 5.32 Å². The fraction of sp³-hybridized carbons (Fsp3) is 0.571. The second-order valence-corrected chi connectivity index (χ2v) is 5.36. The molecule has 3 heterocycles. The van der Waals surface area contributed by atoms with Gasteiger partial charge in [0.25, 0.3) is 0 Å². The number of hydrogen-bond donors (Lipinski definition) is 1. The molecule has 3 aliphatic rings. The summed E-state index contributed by atoms with van der Waals surface area (Å²) < 4.78 is 16.7. The van der Waals surface area contributed by atoms with Gasteiger partial charge in [-0.25, -0.2) is 0 Å². The molecule has 0 saturated carbocycles. The highest BCUT2D eigenvalue weighted by molar-refractivity contribution is 5.47. The Bertz CT molecular complexity index is 466. The van der Waals surface area contributed by atoms with Crippen LogP contribution in [-0.2, 0) is 10.2 Å². The molecule has 96 valence electrons. The van der Waals surface area contributed by atoms with Gasteiger partial charge in [0.05, 0.1) is 13.2 Å². The molecule has 0 amide bonds. The first kappa shape index (κ1) is 10.6. The van der Waals surface area contributed by atoms with Gasteiger partial charge in [0.1, 0.15) is 13.2 Å². The zero-order valence-electron chi connectivity index (χ0n) is 10.3. The highest BCUT2D eigenvalue weighted by Crippen LogP contribution is 2.44. The van der Waals surface area contributed by atoms with Crippen molar-refractivity contribution in [1.29, 1.82) is 0 Å². The van der Waals surface area contributed by atoms with E-state index in [1.807, 2.05) is 6.07 Å². The Morgan fingerprint density at radius 2 is 1.83 bits per heavy atom. The Hall–Kier alpha value is -1.26. The van der Waals surface area contributed by atoms with Crippen LogP contribution in [0.4, 0.5) is 0 Å². The molecule has 0 atom stereocenters. The van der Waals surface area contributed by atoms with Crippen LogP contribution in [0.2, 0.25) is 0 Å². The molecule has 18 heavy (non-hydrogen) atoms. The Kier molecular flexibility index (Phi) is 2.29. The zero-order chi connectivity index (χ0) is 12.0. The van der Waals surface area contributed by atoms with Crippen molar-refractivity contribution < 1.29 is 14.2 Å². The molecular formula is C14H17NO3. The molecule has 1 aromatic carbocycles. The predicted molar refractivity (Wildman–Crippen MR) is 66.3 cm³/mol. The van der Waals surface area contributed by atoms with Crippen LogP contribution in [0.15, 0.2) is 18.2 Å². The lowest BCUT2D eigenvalue weighted by atomic mass is 9.66. The number of fused-ring (bicyclic) bond motifs is 1. The monoisotopic (exact) mass is 247 g/mol. The average molecular weight is 247 g/mol. The third-order valence-electron chi connectivity index (χ3n) is 4.40. The van der Waals surface area contributed by atoms with Gasteiger partial charge < -0.3 is 19.5 Å². The van der Waals surface area contributed by atoms with Crippen LogP contribution in [0, 0.1) is 5.92 Å². The smallest absolute Gasteiger partial charge is 0.161 e. The summed E-state index contributed by atoms with van der Waals surface area (Å²) in [4.78, 5) is 0. The van der Waals surface area contributed by atoms with Gasteiger partial charge in [-0.05, 0) is 23.6 Å². The van der Waals surface area contributed by atoms with E-state index in [4.69, 9.17) is 14.2 Å². The van der Waals surface area contributed by atoms with Gasteiger partial charge in [0.15, 0.2) is 11.5 Å². The molecule has 0 spiro atoms. The van der Waals surface area contributed by atoms with Crippen molar-refractivity contribution in [3.63, 3.8) is 0 Å². The van der Waals surface area contributed by atoms with Crippen molar-refractivity contribution in [3.8, 4) is 11.5 Å². The van der Waals surface area contributed by atoms with Crippen LogP contribution >= 0.6 is 0 Å². The van der Waals surface area contributed by atoms with Crippen molar-refractivity contribution in [2.75, 3.05) is 39.5 Å². The van der Waals surface area contributed by atoms with Crippen molar-refractivity contribution in [3.05, 3.63) is 23.8 Å². The summed E-state index contributed by atoms with van der Waals surface area (Å²) in [6, 6.07) is 6.36. The Morgan fingerprint density at radius 3 is 2.44 bits per heavy atom. The molecule has 0 unspecified atom stereocenters. The first-order chi connectivity index (χ1) is 8.88. The van der Waals surface area contributed by atoms with Crippen molar-refractivity contribution in [2.45, 2.75) is 5.41 Å². The minimum Gasteiger partial charge on any atom is -0.486 e. The molecule has 4 heteroatoms. The molecule has 0 aliphatic carbocycles. The summed E-state index contributed by atoms with van der Waals surface area (Å²) in [5.74, 6) is 2.44. The van der Waals surface area contributed by atoms with Crippen LogP contribution in [-0.4, -0.2) is 39.5 Å². The summed E-state index contributed by atoms with van der Waals surface area (Å²) in [5.41, 5.74) is 1.53. The maximum absolute atomic E-state index is 5.68. The van der Waals surface area contributed by atoms with Crippen LogP contribution in [0.1, 0.15) is 5.56 Å². The third kappa shape index (κ3) is 1.39. The van der Waals surface area contributed by atoms with Crippen LogP contribution < -0.4 is 14.8 Å². The van der Waals surface area contributed by atoms with E-state index in [0.717, 1.165) is 37.8 Å². The predicted octanol–water partition coefficient (Wildman–Crippen LogP) is 0.945. The summed E-state index contributed by atoms with van der Waals surface area (Å²) in [7, 11) is 0. The fourth-order valence-electron chi connectivity index (χ4n) is 2.99. The number of rotatable bonds is 2. The van der Waals surface area contributed by atoms with E-state index in [-0.39, 0.29) is 5.41 Å². The second kappa shape index (κ2) is 3.87. The van der Waals surface area contributed by atoms with E-state index in [1.165, 1.54) is 5.56 Å². The standard InChI is InChI=1S/C14H17NO3/c1-2-12-13(18-4-3-17-12)5-10(1)14(8-16-9-14)11-6-15-7-11/h1-2,5,11,15H,3-4,6-9H2. The quantitative estimate of drug-likeness (QED) is 0.844. The number of nitrogens with one attached hydrogen (secondary N) is 1. The van der Waals surface area contributed by atoms with Gasteiger partial charge in [-0.3, -0.25) is 0 Å². The molecule has 2 saturated heterocycles. The summed E-state index contributed by atoms with van der Waals surface area (Å²) in [6.07, 6.45) is 0. The molecule has 4 rings (SSSR count). The van der Waals surface area contributed by atoms with Crippen molar-refractivity contribution in [2.24, 2.45) is 5.92 Å². The minimum absolute atomic E-state index is 0.196. The number of ether oxygens (including phenoxy) is 3. The highest BCUT2D eigenvalue weighted by atomic mass is 16.6. The molecule has 1 aromatic rings. The summed E-state index contributed by atoms with van der Waals surface area (Å²) >= 11 is 0. The number of benzene rings is 1. The lowest BCUT2D eigenvalue weighted by Gasteiger charge is -2.51. The lowest BCUT2D eigenvalue weighted by molar-refractivity contribution is -0.101. The maximum Gasteiger partial charge on any atom is 0.161 e. The minimum atomic E-state index is 0.196. The molecule has 4 nitrogen and oxygen atoms in total. The van der Waals surface area contributed by atoms with Gasteiger partial charge in [-0.2, -0.15) is 0 Å². The Morgan fingerprint density at radius 1 is 1.06 bits per heavy atom. The second-order valence-electron chi connectivity index (χ2n) is 5.36. The van der Waals surface area contributed by atoms with E-state index in [1.54, 1.807) is 0 Å². The number of hydrogen-bond acceptors (Lipinski definition) is 4. The SMILES string of the molecule is c1cc2c(cc1C1(C3CNC3)COC1)OCCO2. The van der Waals surface area contributed by atoms with Crippen LogP contribution in [0.5, 0.6) is 11.5 Å². The molecule has 0 radical (unpaired) electrons. The molecule has 0 bridgehead atoms. The molecule has 3 aliphatic heterocycles. The van der Waals surface area contributed by atoms with Gasteiger partial charge in [-0.1, -0.05) is 6.07 Å². The molecular weight excluding hydrogens is 230 g/mol. The van der Waals surface area contributed by atoms with E-state index >= 15 is 0 Å². The Labute approximate surface area is 106 Å². The molecule has 2 fully saturated rings. The average Bonchev–Trinajstić information content (AvgIpc) is 2.30. The van der Waals surface area contributed by atoms with E-state index in [9.17, 15) is 0 Å². The largest absolute Gasteiger partial charge is 0.486 e. The van der Waals surface area contributed by atoms with Gasteiger partial charge in [0.2, 0.25) is 0 Å².